The summed E-state index contributed by atoms with van der Waals surface area (Å²) in [6.07, 6.45) is 3.64. The van der Waals surface area contributed by atoms with Crippen LogP contribution in [0.25, 0.3) is 0 Å². The first-order valence-corrected chi connectivity index (χ1v) is 12.9. The number of benzene rings is 1. The van der Waals surface area contributed by atoms with E-state index in [1.54, 1.807) is 4.90 Å². The number of likely N-dealkylation sites (tertiary alicyclic amines) is 2. The fourth-order valence-electron chi connectivity index (χ4n) is 5.54. The lowest BCUT2D eigenvalue weighted by atomic mass is 9.84. The molecule has 0 bridgehead atoms. The Bertz CT molecular complexity index is 938. The molecule has 2 saturated heterocycles. The van der Waals surface area contributed by atoms with Gasteiger partial charge in [-0.3, -0.25) is 24.1 Å². The first kappa shape index (κ1) is 25.4. The third kappa shape index (κ3) is 5.62. The van der Waals surface area contributed by atoms with Crippen LogP contribution in [0.15, 0.2) is 18.2 Å². The second-order valence-electron chi connectivity index (χ2n) is 9.71. The molecule has 2 fully saturated rings. The van der Waals surface area contributed by atoms with E-state index in [4.69, 9.17) is 9.57 Å². The minimum Gasteiger partial charge on any atom is -0.493 e. The van der Waals surface area contributed by atoms with Gasteiger partial charge >= 0.3 is 5.97 Å². The number of carboxylic acid groups (broad SMARTS) is 1. The van der Waals surface area contributed by atoms with Gasteiger partial charge in [0.05, 0.1) is 25.7 Å². The highest BCUT2D eigenvalue weighted by atomic mass is 16.7. The highest BCUT2D eigenvalue weighted by molar-refractivity contribution is 5.79. The van der Waals surface area contributed by atoms with Crippen molar-refractivity contribution in [2.75, 3.05) is 45.9 Å². The third-order valence-corrected chi connectivity index (χ3v) is 7.25. The zero-order valence-corrected chi connectivity index (χ0v) is 20.8. The van der Waals surface area contributed by atoms with Gasteiger partial charge in [-0.1, -0.05) is 26.0 Å². The highest BCUT2D eigenvalue weighted by Gasteiger charge is 2.48. The smallest absolute Gasteiger partial charge is 0.308 e. The zero-order chi connectivity index (χ0) is 24.9. The lowest BCUT2D eigenvalue weighted by molar-refractivity contribution is -0.188. The summed E-state index contributed by atoms with van der Waals surface area (Å²) in [4.78, 5) is 47.7. The maximum Gasteiger partial charge on any atom is 0.308 e. The van der Waals surface area contributed by atoms with E-state index in [1.807, 2.05) is 30.9 Å². The fourth-order valence-corrected chi connectivity index (χ4v) is 5.54. The average molecular weight is 488 g/mol. The van der Waals surface area contributed by atoms with Crippen LogP contribution in [-0.2, 0) is 25.6 Å². The topological polar surface area (TPSA) is 99.6 Å². The van der Waals surface area contributed by atoms with E-state index < -0.39 is 17.9 Å². The maximum absolute atomic E-state index is 13.2. The summed E-state index contributed by atoms with van der Waals surface area (Å²) >= 11 is 0. The van der Waals surface area contributed by atoms with Crippen LogP contribution in [-0.4, -0.2) is 89.7 Å². The van der Waals surface area contributed by atoms with Crippen LogP contribution in [0.4, 0.5) is 0 Å². The molecule has 0 saturated carbocycles. The van der Waals surface area contributed by atoms with Crippen molar-refractivity contribution in [3.05, 3.63) is 29.3 Å². The van der Waals surface area contributed by atoms with Crippen LogP contribution in [0.2, 0.25) is 0 Å². The summed E-state index contributed by atoms with van der Waals surface area (Å²) in [6, 6.07) is 5.47. The molecule has 4 rings (SSSR count). The number of carboxylic acids is 1. The van der Waals surface area contributed by atoms with Crippen LogP contribution >= 0.6 is 0 Å². The van der Waals surface area contributed by atoms with Gasteiger partial charge in [0.15, 0.2) is 0 Å². The van der Waals surface area contributed by atoms with Gasteiger partial charge < -0.3 is 14.7 Å². The lowest BCUT2D eigenvalue weighted by Gasteiger charge is -2.31. The van der Waals surface area contributed by atoms with Gasteiger partial charge in [0.2, 0.25) is 5.91 Å². The Morgan fingerprint density at radius 1 is 1.23 bits per heavy atom. The summed E-state index contributed by atoms with van der Waals surface area (Å²) < 4.78 is 5.63. The molecule has 0 spiro atoms. The molecule has 1 N–H and O–H groups in total. The molecule has 9 heteroatoms. The third-order valence-electron chi connectivity index (χ3n) is 7.25. The van der Waals surface area contributed by atoms with E-state index >= 15 is 0 Å². The van der Waals surface area contributed by atoms with Crippen molar-refractivity contribution < 1.29 is 29.1 Å². The number of carbonyl (C=O) groups excluding carboxylic acids is 2. The molecule has 3 atom stereocenters. The molecule has 3 unspecified atom stereocenters. The molecule has 9 nitrogen and oxygen atoms in total. The predicted molar refractivity (Wildman–Crippen MR) is 129 cm³/mol. The standard InChI is InChI=1S/C26H37N3O6/c1-3-10-29(35-12-4-2)24(31)17-28-15-20(18-7-8-22-19(14-18)9-13-34-22)25(26(32)33)21(28)16-27-11-5-6-23(27)30/h7-8,14,20-21,25H,3-6,9-13,15-17H2,1-2H3,(H,32,33). The van der Waals surface area contributed by atoms with E-state index in [9.17, 15) is 19.5 Å². The van der Waals surface area contributed by atoms with E-state index in [0.717, 1.165) is 42.6 Å². The Labute approximate surface area is 206 Å². The molecule has 3 heterocycles. The first-order valence-electron chi connectivity index (χ1n) is 12.9. The van der Waals surface area contributed by atoms with Crippen molar-refractivity contribution in [3.8, 4) is 5.75 Å². The van der Waals surface area contributed by atoms with Crippen LogP contribution in [0, 0.1) is 5.92 Å². The number of nitrogens with zero attached hydrogens (tertiary/aromatic N) is 3. The maximum atomic E-state index is 13.2. The van der Waals surface area contributed by atoms with Crippen LogP contribution in [0.1, 0.15) is 56.6 Å². The summed E-state index contributed by atoms with van der Waals surface area (Å²) in [5, 5.41) is 11.7. The largest absolute Gasteiger partial charge is 0.493 e. The lowest BCUT2D eigenvalue weighted by Crippen LogP contribution is -2.49. The number of aliphatic carboxylic acids is 1. The number of fused-ring (bicyclic) bond motifs is 1. The second-order valence-corrected chi connectivity index (χ2v) is 9.71. The van der Waals surface area contributed by atoms with E-state index in [1.165, 1.54) is 5.06 Å². The van der Waals surface area contributed by atoms with Gasteiger partial charge in [-0.15, -0.1) is 0 Å². The Morgan fingerprint density at radius 2 is 2.06 bits per heavy atom. The monoisotopic (exact) mass is 487 g/mol. The first-order chi connectivity index (χ1) is 16.9. The molecule has 35 heavy (non-hydrogen) atoms. The number of amides is 2. The molecule has 2 amide bonds. The van der Waals surface area contributed by atoms with Gasteiger partial charge in [-0.05, 0) is 36.5 Å². The van der Waals surface area contributed by atoms with Crippen LogP contribution < -0.4 is 4.74 Å². The average Bonchev–Trinajstić information content (AvgIpc) is 3.55. The van der Waals surface area contributed by atoms with Crippen LogP contribution in [0.3, 0.4) is 0 Å². The van der Waals surface area contributed by atoms with E-state index in [-0.39, 0.29) is 24.3 Å². The van der Waals surface area contributed by atoms with E-state index in [2.05, 4.69) is 6.07 Å². The minimum absolute atomic E-state index is 0.0532. The summed E-state index contributed by atoms with van der Waals surface area (Å²) in [5.74, 6) is -1.18. The number of hydrogen-bond donors (Lipinski definition) is 1. The number of hydrogen-bond acceptors (Lipinski definition) is 6. The van der Waals surface area contributed by atoms with Crippen molar-refractivity contribution in [1.29, 1.82) is 0 Å². The van der Waals surface area contributed by atoms with Gasteiger partial charge in [-0.2, -0.15) is 0 Å². The molecule has 0 radical (unpaired) electrons. The van der Waals surface area contributed by atoms with Crippen molar-refractivity contribution in [2.24, 2.45) is 5.92 Å². The Hall–Kier alpha value is -2.65. The van der Waals surface area contributed by atoms with Crippen molar-refractivity contribution in [1.82, 2.24) is 14.9 Å². The number of carbonyl (C=O) groups is 3. The molecule has 1 aromatic rings. The molecular formula is C26H37N3O6. The van der Waals surface area contributed by atoms with Gasteiger partial charge in [-0.25, -0.2) is 5.06 Å². The van der Waals surface area contributed by atoms with E-state index in [0.29, 0.717) is 45.8 Å². The fraction of sp³-hybridized carbons (Fsp3) is 0.654. The summed E-state index contributed by atoms with van der Waals surface area (Å²) in [5.41, 5.74) is 2.04. The number of hydroxylamine groups is 2. The number of ether oxygens (including phenoxy) is 1. The Morgan fingerprint density at radius 3 is 2.74 bits per heavy atom. The molecule has 1 aromatic carbocycles. The van der Waals surface area contributed by atoms with Crippen molar-refractivity contribution in [3.63, 3.8) is 0 Å². The molecule has 3 aliphatic heterocycles. The quantitative estimate of drug-likeness (QED) is 0.478. The second kappa shape index (κ2) is 11.4. The molecular weight excluding hydrogens is 450 g/mol. The highest BCUT2D eigenvalue weighted by Crippen LogP contribution is 2.40. The molecule has 192 valence electrons. The minimum atomic E-state index is -0.897. The zero-order valence-electron chi connectivity index (χ0n) is 20.8. The SMILES string of the molecule is CCCON(CCC)C(=O)CN1CC(c2ccc3c(c2)CCO3)C(C(=O)O)C1CN1CCCC1=O. The Kier molecular flexibility index (Phi) is 8.28. The van der Waals surface area contributed by atoms with Crippen LogP contribution in [0.5, 0.6) is 5.75 Å². The predicted octanol–water partition coefficient (Wildman–Crippen LogP) is 2.29. The van der Waals surface area contributed by atoms with Gasteiger partial charge in [0.1, 0.15) is 5.75 Å². The van der Waals surface area contributed by atoms with Crippen molar-refractivity contribution >= 4 is 17.8 Å². The van der Waals surface area contributed by atoms with Crippen molar-refractivity contribution in [2.45, 2.75) is 57.9 Å². The summed E-state index contributed by atoms with van der Waals surface area (Å²) in [6.45, 7) is 6.99. The van der Waals surface area contributed by atoms with Gasteiger partial charge in [0.25, 0.3) is 5.91 Å². The number of rotatable bonds is 11. The summed E-state index contributed by atoms with van der Waals surface area (Å²) in [7, 11) is 0. The Balaban J connectivity index is 1.61. The van der Waals surface area contributed by atoms with Gasteiger partial charge in [0, 0.05) is 51.0 Å². The molecule has 3 aliphatic rings. The molecule has 0 aliphatic carbocycles. The molecule has 0 aromatic heterocycles. The normalized spacial score (nSPS) is 24.0.